The molecule has 2 unspecified atom stereocenters. The highest BCUT2D eigenvalue weighted by Gasteiger charge is 2.41. The van der Waals surface area contributed by atoms with Gasteiger partial charge in [0.15, 0.2) is 0 Å². The molecule has 4 nitrogen and oxygen atoms in total. The molecule has 3 N–H and O–H groups in total. The van der Waals surface area contributed by atoms with E-state index in [-0.39, 0.29) is 12.5 Å². The van der Waals surface area contributed by atoms with Gasteiger partial charge in [0.2, 0.25) is 5.91 Å². The molecule has 2 atom stereocenters. The predicted molar refractivity (Wildman–Crippen MR) is 64.2 cm³/mol. The molecule has 1 aliphatic rings. The summed E-state index contributed by atoms with van der Waals surface area (Å²) in [5.41, 5.74) is -0.908. The van der Waals surface area contributed by atoms with Crippen molar-refractivity contribution in [2.75, 3.05) is 13.2 Å². The second-order valence-corrected chi connectivity index (χ2v) is 4.99. The Morgan fingerprint density at radius 2 is 2.25 bits per heavy atom. The molecule has 0 aromatic carbocycles. The van der Waals surface area contributed by atoms with Crippen molar-refractivity contribution in [3.63, 3.8) is 0 Å². The summed E-state index contributed by atoms with van der Waals surface area (Å²) < 4.78 is 0. The van der Waals surface area contributed by atoms with Crippen LogP contribution in [0.5, 0.6) is 0 Å². The van der Waals surface area contributed by atoms with Gasteiger partial charge in [-0.3, -0.25) is 4.79 Å². The van der Waals surface area contributed by atoms with Crippen LogP contribution in [0, 0.1) is 0 Å². The van der Waals surface area contributed by atoms with Crippen molar-refractivity contribution in [1.82, 2.24) is 10.6 Å². The van der Waals surface area contributed by atoms with Crippen LogP contribution in [0.2, 0.25) is 0 Å². The molecular formula is C12H24N2O2. The van der Waals surface area contributed by atoms with E-state index >= 15 is 0 Å². The summed E-state index contributed by atoms with van der Waals surface area (Å²) in [6.45, 7) is 6.76. The SMILES string of the molecule is CCC(C)(CO)NC(=O)C1(CC)CCCN1. The number of carbonyl (C=O) groups is 1. The molecule has 0 bridgehead atoms. The van der Waals surface area contributed by atoms with Crippen molar-refractivity contribution in [3.8, 4) is 0 Å². The highest BCUT2D eigenvalue weighted by Crippen LogP contribution is 2.24. The lowest BCUT2D eigenvalue weighted by molar-refractivity contribution is -0.129. The minimum absolute atomic E-state index is 0.0188. The van der Waals surface area contributed by atoms with Crippen LogP contribution >= 0.6 is 0 Å². The van der Waals surface area contributed by atoms with Crippen LogP contribution in [0.1, 0.15) is 46.5 Å². The molecule has 1 amide bonds. The van der Waals surface area contributed by atoms with Crippen LogP contribution in [-0.2, 0) is 4.79 Å². The molecule has 1 fully saturated rings. The molecule has 4 heteroatoms. The van der Waals surface area contributed by atoms with Gasteiger partial charge in [0.25, 0.3) is 0 Å². The zero-order valence-electron chi connectivity index (χ0n) is 10.6. The van der Waals surface area contributed by atoms with Gasteiger partial charge >= 0.3 is 0 Å². The summed E-state index contributed by atoms with van der Waals surface area (Å²) in [6.07, 6.45) is 3.46. The van der Waals surface area contributed by atoms with Crippen molar-refractivity contribution >= 4 is 5.91 Å². The van der Waals surface area contributed by atoms with Gasteiger partial charge in [0, 0.05) is 0 Å². The van der Waals surface area contributed by atoms with Gasteiger partial charge in [-0.15, -0.1) is 0 Å². The predicted octanol–water partition coefficient (Wildman–Crippen LogP) is 0.796. The van der Waals surface area contributed by atoms with Gasteiger partial charge < -0.3 is 15.7 Å². The zero-order valence-corrected chi connectivity index (χ0v) is 10.6. The van der Waals surface area contributed by atoms with Crippen molar-refractivity contribution < 1.29 is 9.90 Å². The maximum atomic E-state index is 12.2. The summed E-state index contributed by atoms with van der Waals surface area (Å²) in [6, 6.07) is 0. The molecule has 0 spiro atoms. The van der Waals surface area contributed by atoms with E-state index in [0.717, 1.165) is 32.2 Å². The number of hydrogen-bond acceptors (Lipinski definition) is 3. The Hall–Kier alpha value is -0.610. The molecule has 0 radical (unpaired) electrons. The third kappa shape index (κ3) is 2.55. The number of aliphatic hydroxyl groups excluding tert-OH is 1. The highest BCUT2D eigenvalue weighted by atomic mass is 16.3. The maximum Gasteiger partial charge on any atom is 0.240 e. The van der Waals surface area contributed by atoms with Gasteiger partial charge in [-0.2, -0.15) is 0 Å². The first-order valence-corrected chi connectivity index (χ1v) is 6.20. The number of aliphatic hydroxyl groups is 1. The molecule has 1 rings (SSSR count). The Labute approximate surface area is 97.8 Å². The normalized spacial score (nSPS) is 28.8. The largest absolute Gasteiger partial charge is 0.394 e. The van der Waals surface area contributed by atoms with Crippen molar-refractivity contribution in [3.05, 3.63) is 0 Å². The van der Waals surface area contributed by atoms with Crippen LogP contribution in [0.3, 0.4) is 0 Å². The van der Waals surface area contributed by atoms with E-state index in [1.54, 1.807) is 0 Å². The fourth-order valence-corrected chi connectivity index (χ4v) is 2.10. The Balaban J connectivity index is 2.70. The van der Waals surface area contributed by atoms with Gasteiger partial charge in [0.1, 0.15) is 0 Å². The van der Waals surface area contributed by atoms with E-state index in [4.69, 9.17) is 0 Å². The highest BCUT2D eigenvalue weighted by molar-refractivity contribution is 5.87. The third-order valence-electron chi connectivity index (χ3n) is 3.83. The Morgan fingerprint density at radius 1 is 1.56 bits per heavy atom. The first-order valence-electron chi connectivity index (χ1n) is 6.20. The molecule has 0 saturated carbocycles. The van der Waals surface area contributed by atoms with Gasteiger partial charge in [-0.05, 0) is 39.2 Å². The lowest BCUT2D eigenvalue weighted by atomic mass is 9.90. The Morgan fingerprint density at radius 3 is 2.62 bits per heavy atom. The maximum absolute atomic E-state index is 12.2. The molecule has 0 aromatic rings. The molecule has 1 heterocycles. The molecule has 1 saturated heterocycles. The number of carbonyl (C=O) groups excluding carboxylic acids is 1. The van der Waals surface area contributed by atoms with Crippen LogP contribution < -0.4 is 10.6 Å². The number of rotatable bonds is 5. The van der Waals surface area contributed by atoms with E-state index < -0.39 is 11.1 Å². The summed E-state index contributed by atoms with van der Waals surface area (Å²) in [7, 11) is 0. The first-order chi connectivity index (χ1) is 7.52. The van der Waals surface area contributed by atoms with E-state index in [2.05, 4.69) is 10.6 Å². The van der Waals surface area contributed by atoms with Crippen LogP contribution in [0.4, 0.5) is 0 Å². The minimum atomic E-state index is -0.497. The van der Waals surface area contributed by atoms with Crippen LogP contribution in [0.25, 0.3) is 0 Å². The van der Waals surface area contributed by atoms with E-state index in [1.807, 2.05) is 20.8 Å². The van der Waals surface area contributed by atoms with E-state index in [0.29, 0.717) is 0 Å². The summed E-state index contributed by atoms with van der Waals surface area (Å²) in [5, 5.41) is 15.6. The molecule has 16 heavy (non-hydrogen) atoms. The van der Waals surface area contributed by atoms with E-state index in [9.17, 15) is 9.90 Å². The lowest BCUT2D eigenvalue weighted by Crippen LogP contribution is -2.59. The fourth-order valence-electron chi connectivity index (χ4n) is 2.10. The summed E-state index contributed by atoms with van der Waals surface area (Å²) in [5.74, 6) is 0.0332. The second-order valence-electron chi connectivity index (χ2n) is 4.99. The average molecular weight is 228 g/mol. The van der Waals surface area contributed by atoms with Gasteiger partial charge in [-0.25, -0.2) is 0 Å². The minimum Gasteiger partial charge on any atom is -0.394 e. The first kappa shape index (κ1) is 13.5. The zero-order chi connectivity index (χ0) is 12.2. The molecule has 94 valence electrons. The molecular weight excluding hydrogens is 204 g/mol. The number of hydrogen-bond donors (Lipinski definition) is 3. The Kier molecular flexibility index (Phi) is 4.33. The molecule has 1 aliphatic heterocycles. The summed E-state index contributed by atoms with van der Waals surface area (Å²) in [4.78, 5) is 12.2. The topological polar surface area (TPSA) is 61.4 Å². The summed E-state index contributed by atoms with van der Waals surface area (Å²) >= 11 is 0. The average Bonchev–Trinajstić information content (AvgIpc) is 2.78. The van der Waals surface area contributed by atoms with E-state index in [1.165, 1.54) is 0 Å². The quantitative estimate of drug-likeness (QED) is 0.652. The smallest absolute Gasteiger partial charge is 0.240 e. The Bertz CT molecular complexity index is 243. The molecule has 0 aliphatic carbocycles. The standard InChI is InChI=1S/C12H24N2O2/c1-4-11(3,9-15)14-10(16)12(5-2)7-6-8-13-12/h13,15H,4-9H2,1-3H3,(H,14,16). The van der Waals surface area contributed by atoms with Crippen molar-refractivity contribution in [1.29, 1.82) is 0 Å². The number of amides is 1. The number of nitrogens with one attached hydrogen (secondary N) is 2. The van der Waals surface area contributed by atoms with Crippen molar-refractivity contribution in [2.24, 2.45) is 0 Å². The monoisotopic (exact) mass is 228 g/mol. The fraction of sp³-hybridized carbons (Fsp3) is 0.917. The van der Waals surface area contributed by atoms with Gasteiger partial charge in [-0.1, -0.05) is 13.8 Å². The second kappa shape index (κ2) is 5.15. The van der Waals surface area contributed by atoms with Crippen LogP contribution in [0.15, 0.2) is 0 Å². The van der Waals surface area contributed by atoms with Crippen LogP contribution in [-0.4, -0.2) is 35.2 Å². The lowest BCUT2D eigenvalue weighted by Gasteiger charge is -2.34. The van der Waals surface area contributed by atoms with Gasteiger partial charge in [0.05, 0.1) is 17.7 Å². The van der Waals surface area contributed by atoms with Crippen molar-refractivity contribution in [2.45, 2.75) is 57.5 Å². The third-order valence-corrected chi connectivity index (χ3v) is 3.83. The molecule has 0 aromatic heterocycles.